The third-order valence-electron chi connectivity index (χ3n) is 3.41. The van der Waals surface area contributed by atoms with Gasteiger partial charge in [0.2, 0.25) is 0 Å². The molecule has 1 aromatic rings. The van der Waals surface area contributed by atoms with Crippen LogP contribution in [0, 0.1) is 0 Å². The maximum atomic E-state index is 5.10. The van der Waals surface area contributed by atoms with Crippen LogP contribution in [0.2, 0.25) is 0 Å². The number of likely N-dealkylation sites (N-methyl/N-ethyl adjacent to an activating group) is 1. The molecule has 0 saturated heterocycles. The molecule has 106 valence electrons. The molecule has 0 heterocycles. The molecule has 19 heavy (non-hydrogen) atoms. The molecule has 0 amide bonds. The molecule has 1 N–H and O–H groups in total. The maximum absolute atomic E-state index is 5.10. The summed E-state index contributed by atoms with van der Waals surface area (Å²) in [7, 11) is 3.86. The van der Waals surface area contributed by atoms with Gasteiger partial charge < -0.3 is 10.1 Å². The Morgan fingerprint density at radius 1 is 1.42 bits per heavy atom. The summed E-state index contributed by atoms with van der Waals surface area (Å²) in [5.41, 5.74) is 2.68. The Morgan fingerprint density at radius 3 is 2.84 bits per heavy atom. The monoisotopic (exact) mass is 326 g/mol. The van der Waals surface area contributed by atoms with E-state index in [9.17, 15) is 0 Å². The van der Waals surface area contributed by atoms with E-state index in [1.165, 1.54) is 28.4 Å². The van der Waals surface area contributed by atoms with Crippen molar-refractivity contribution in [2.45, 2.75) is 32.0 Å². The summed E-state index contributed by atoms with van der Waals surface area (Å²) in [5.74, 6) is 0. The normalized spacial score (nSPS) is 15.2. The minimum Gasteiger partial charge on any atom is -0.383 e. The van der Waals surface area contributed by atoms with Gasteiger partial charge in [-0.3, -0.25) is 4.90 Å². The molecule has 0 unspecified atom stereocenters. The van der Waals surface area contributed by atoms with Crippen molar-refractivity contribution < 1.29 is 4.74 Å². The predicted molar refractivity (Wildman–Crippen MR) is 82.2 cm³/mol. The first-order valence-electron chi connectivity index (χ1n) is 6.87. The van der Waals surface area contributed by atoms with Crippen molar-refractivity contribution in [3.05, 3.63) is 33.8 Å². The SMILES string of the molecule is COCCN(C)Cc1ccc(CNC2CC2)cc1Br. The van der Waals surface area contributed by atoms with Gasteiger partial charge in [-0.05, 0) is 37.1 Å². The summed E-state index contributed by atoms with van der Waals surface area (Å²) >= 11 is 3.68. The first kappa shape index (κ1) is 15.0. The molecule has 0 spiro atoms. The summed E-state index contributed by atoms with van der Waals surface area (Å²) in [5, 5.41) is 3.54. The van der Waals surface area contributed by atoms with Crippen molar-refractivity contribution in [2.75, 3.05) is 27.3 Å². The first-order valence-corrected chi connectivity index (χ1v) is 7.66. The average molecular weight is 327 g/mol. The Labute approximate surface area is 124 Å². The van der Waals surface area contributed by atoms with Gasteiger partial charge in [-0.2, -0.15) is 0 Å². The van der Waals surface area contributed by atoms with Gasteiger partial charge in [-0.25, -0.2) is 0 Å². The van der Waals surface area contributed by atoms with E-state index < -0.39 is 0 Å². The highest BCUT2D eigenvalue weighted by Gasteiger charge is 2.19. The van der Waals surface area contributed by atoms with Gasteiger partial charge in [0.05, 0.1) is 6.61 Å². The number of ether oxygens (including phenoxy) is 1. The van der Waals surface area contributed by atoms with E-state index in [2.05, 4.69) is 51.4 Å². The Kier molecular flexibility index (Phi) is 5.82. The number of hydrogen-bond donors (Lipinski definition) is 1. The second kappa shape index (κ2) is 7.39. The molecule has 0 bridgehead atoms. The van der Waals surface area contributed by atoms with Crippen LogP contribution in [0.1, 0.15) is 24.0 Å². The highest BCUT2D eigenvalue weighted by molar-refractivity contribution is 9.10. The van der Waals surface area contributed by atoms with Crippen LogP contribution in [-0.4, -0.2) is 38.3 Å². The van der Waals surface area contributed by atoms with Crippen molar-refractivity contribution in [2.24, 2.45) is 0 Å². The van der Waals surface area contributed by atoms with Crippen LogP contribution in [0.25, 0.3) is 0 Å². The highest BCUT2D eigenvalue weighted by atomic mass is 79.9. The zero-order chi connectivity index (χ0) is 13.7. The van der Waals surface area contributed by atoms with E-state index in [0.717, 1.165) is 32.3 Å². The van der Waals surface area contributed by atoms with Crippen molar-refractivity contribution >= 4 is 15.9 Å². The molecular weight excluding hydrogens is 304 g/mol. The number of halogens is 1. The zero-order valence-corrected chi connectivity index (χ0v) is 13.4. The largest absolute Gasteiger partial charge is 0.383 e. The van der Waals surface area contributed by atoms with Crippen LogP contribution in [0.5, 0.6) is 0 Å². The third-order valence-corrected chi connectivity index (χ3v) is 4.15. The first-order chi connectivity index (χ1) is 9.19. The van der Waals surface area contributed by atoms with Crippen LogP contribution in [0.4, 0.5) is 0 Å². The molecule has 1 fully saturated rings. The summed E-state index contributed by atoms with van der Waals surface area (Å²) in [6, 6.07) is 7.44. The lowest BCUT2D eigenvalue weighted by molar-refractivity contribution is 0.158. The van der Waals surface area contributed by atoms with Gasteiger partial charge in [0, 0.05) is 37.3 Å². The fourth-order valence-electron chi connectivity index (χ4n) is 2.00. The van der Waals surface area contributed by atoms with Gasteiger partial charge in [-0.1, -0.05) is 28.1 Å². The van der Waals surface area contributed by atoms with E-state index in [4.69, 9.17) is 4.74 Å². The fourth-order valence-corrected chi connectivity index (χ4v) is 2.55. The number of nitrogens with one attached hydrogen (secondary N) is 1. The van der Waals surface area contributed by atoms with Gasteiger partial charge in [0.1, 0.15) is 0 Å². The van der Waals surface area contributed by atoms with Gasteiger partial charge in [0.25, 0.3) is 0 Å². The second-order valence-electron chi connectivity index (χ2n) is 5.31. The van der Waals surface area contributed by atoms with Gasteiger partial charge in [-0.15, -0.1) is 0 Å². The van der Waals surface area contributed by atoms with Crippen LogP contribution in [0.15, 0.2) is 22.7 Å². The van der Waals surface area contributed by atoms with Gasteiger partial charge >= 0.3 is 0 Å². The van der Waals surface area contributed by atoms with Crippen molar-refractivity contribution in [3.8, 4) is 0 Å². The Hall–Kier alpha value is -0.420. The quantitative estimate of drug-likeness (QED) is 0.795. The number of methoxy groups -OCH3 is 1. The number of benzene rings is 1. The molecule has 2 rings (SSSR count). The molecule has 1 aliphatic carbocycles. The Balaban J connectivity index is 1.86. The fraction of sp³-hybridized carbons (Fsp3) is 0.600. The number of rotatable bonds is 8. The molecule has 0 radical (unpaired) electrons. The maximum Gasteiger partial charge on any atom is 0.0589 e. The molecule has 0 aliphatic heterocycles. The highest BCUT2D eigenvalue weighted by Crippen LogP contribution is 2.22. The van der Waals surface area contributed by atoms with Crippen molar-refractivity contribution in [1.29, 1.82) is 0 Å². The van der Waals surface area contributed by atoms with E-state index in [-0.39, 0.29) is 0 Å². The van der Waals surface area contributed by atoms with Crippen LogP contribution in [0.3, 0.4) is 0 Å². The van der Waals surface area contributed by atoms with Gasteiger partial charge in [0.15, 0.2) is 0 Å². The van der Waals surface area contributed by atoms with E-state index >= 15 is 0 Å². The second-order valence-corrected chi connectivity index (χ2v) is 6.17. The van der Waals surface area contributed by atoms with Crippen molar-refractivity contribution in [3.63, 3.8) is 0 Å². The molecular formula is C15H23BrN2O. The Morgan fingerprint density at radius 2 is 2.21 bits per heavy atom. The minimum absolute atomic E-state index is 0.763. The molecule has 1 saturated carbocycles. The minimum atomic E-state index is 0.763. The summed E-state index contributed by atoms with van der Waals surface area (Å²) in [4.78, 5) is 2.27. The molecule has 1 aromatic carbocycles. The lowest BCUT2D eigenvalue weighted by Crippen LogP contribution is -2.22. The number of nitrogens with zero attached hydrogens (tertiary/aromatic N) is 1. The van der Waals surface area contributed by atoms with Crippen LogP contribution < -0.4 is 5.32 Å². The summed E-state index contributed by atoms with van der Waals surface area (Å²) in [6.07, 6.45) is 2.67. The zero-order valence-electron chi connectivity index (χ0n) is 11.8. The third kappa shape index (κ3) is 5.22. The molecule has 3 nitrogen and oxygen atoms in total. The van der Waals surface area contributed by atoms with Crippen LogP contribution >= 0.6 is 15.9 Å². The lowest BCUT2D eigenvalue weighted by Gasteiger charge is -2.17. The standard InChI is InChI=1S/C15H23BrN2O/c1-18(7-8-19-2)11-13-4-3-12(9-15(13)16)10-17-14-5-6-14/h3-4,9,14,17H,5-8,10-11H2,1-2H3. The summed E-state index contributed by atoms with van der Waals surface area (Å²) < 4.78 is 6.30. The predicted octanol–water partition coefficient (Wildman–Crippen LogP) is 2.78. The molecule has 0 atom stereocenters. The molecule has 1 aliphatic rings. The molecule has 0 aromatic heterocycles. The summed E-state index contributed by atoms with van der Waals surface area (Å²) in [6.45, 7) is 3.65. The lowest BCUT2D eigenvalue weighted by atomic mass is 10.1. The average Bonchev–Trinajstić information content (AvgIpc) is 3.21. The topological polar surface area (TPSA) is 24.5 Å². The van der Waals surface area contributed by atoms with Crippen LogP contribution in [-0.2, 0) is 17.8 Å². The smallest absolute Gasteiger partial charge is 0.0589 e. The van der Waals surface area contributed by atoms with E-state index in [1.807, 2.05) is 0 Å². The Bertz CT molecular complexity index is 407. The molecule has 4 heteroatoms. The van der Waals surface area contributed by atoms with Crippen molar-refractivity contribution in [1.82, 2.24) is 10.2 Å². The van der Waals surface area contributed by atoms with E-state index in [1.54, 1.807) is 7.11 Å². The number of hydrogen-bond acceptors (Lipinski definition) is 3. The van der Waals surface area contributed by atoms with E-state index in [0.29, 0.717) is 0 Å².